The second-order valence-corrected chi connectivity index (χ2v) is 8.43. The molecule has 0 unspecified atom stereocenters. The lowest BCUT2D eigenvalue weighted by Gasteiger charge is -2.34. The van der Waals surface area contributed by atoms with Crippen LogP contribution in [-0.2, 0) is 6.54 Å². The van der Waals surface area contributed by atoms with E-state index in [1.54, 1.807) is 30.6 Å². The van der Waals surface area contributed by atoms with E-state index in [4.69, 9.17) is 4.74 Å². The number of ether oxygens (including phenoxy) is 1. The van der Waals surface area contributed by atoms with Gasteiger partial charge in [0, 0.05) is 48.7 Å². The van der Waals surface area contributed by atoms with E-state index < -0.39 is 0 Å². The fraction of sp³-hybridized carbons (Fsp3) is 0.333. The number of pyridine rings is 1. The first-order valence-corrected chi connectivity index (χ1v) is 11.8. The van der Waals surface area contributed by atoms with Crippen molar-refractivity contribution >= 4 is 11.6 Å². The number of hydrogen-bond acceptors (Lipinski definition) is 5. The van der Waals surface area contributed by atoms with Crippen LogP contribution in [-0.4, -0.2) is 43.2 Å². The van der Waals surface area contributed by atoms with E-state index in [9.17, 15) is 9.18 Å². The van der Waals surface area contributed by atoms with Crippen LogP contribution in [0.5, 0.6) is 5.75 Å². The van der Waals surface area contributed by atoms with Crippen molar-refractivity contribution < 1.29 is 13.9 Å². The topological polar surface area (TPSA) is 66.5 Å². The van der Waals surface area contributed by atoms with Crippen LogP contribution in [0.3, 0.4) is 0 Å². The number of halogens is 1. The van der Waals surface area contributed by atoms with Gasteiger partial charge >= 0.3 is 0 Å². The molecule has 178 valence electrons. The molecule has 7 heteroatoms. The average Bonchev–Trinajstić information content (AvgIpc) is 2.89. The van der Waals surface area contributed by atoms with Crippen LogP contribution in [0.4, 0.5) is 10.1 Å². The Labute approximate surface area is 200 Å². The summed E-state index contributed by atoms with van der Waals surface area (Å²) < 4.78 is 19.4. The molecule has 4 rings (SSSR count). The molecule has 3 aromatic rings. The van der Waals surface area contributed by atoms with Gasteiger partial charge in [-0.3, -0.25) is 9.78 Å². The zero-order valence-corrected chi connectivity index (χ0v) is 19.3. The number of carbonyl (C=O) groups is 1. The summed E-state index contributed by atoms with van der Waals surface area (Å²) in [5.74, 6) is 0.295. The second-order valence-electron chi connectivity index (χ2n) is 8.43. The molecule has 1 aromatic heterocycles. The zero-order chi connectivity index (χ0) is 23.6. The summed E-state index contributed by atoms with van der Waals surface area (Å²) in [7, 11) is 0. The van der Waals surface area contributed by atoms with E-state index in [0.29, 0.717) is 23.8 Å². The van der Waals surface area contributed by atoms with Crippen molar-refractivity contribution in [3.63, 3.8) is 0 Å². The molecule has 6 nitrogen and oxygen atoms in total. The van der Waals surface area contributed by atoms with Gasteiger partial charge in [0.2, 0.25) is 0 Å². The largest absolute Gasteiger partial charge is 0.492 e. The first kappa shape index (κ1) is 23.7. The Bertz CT molecular complexity index is 1040. The fourth-order valence-corrected chi connectivity index (χ4v) is 4.09. The van der Waals surface area contributed by atoms with E-state index in [-0.39, 0.29) is 18.3 Å². The molecule has 0 radical (unpaired) electrons. The van der Waals surface area contributed by atoms with Crippen LogP contribution >= 0.6 is 0 Å². The molecule has 1 aliphatic rings. The van der Waals surface area contributed by atoms with Gasteiger partial charge in [-0.25, -0.2) is 4.39 Å². The minimum Gasteiger partial charge on any atom is -0.492 e. The van der Waals surface area contributed by atoms with Crippen molar-refractivity contribution in [1.82, 2.24) is 15.6 Å². The quantitative estimate of drug-likeness (QED) is 0.443. The Morgan fingerprint density at radius 3 is 2.59 bits per heavy atom. The highest BCUT2D eigenvalue weighted by atomic mass is 19.1. The number of amides is 1. The Balaban J connectivity index is 1.15. The smallest absolute Gasteiger partial charge is 0.251 e. The van der Waals surface area contributed by atoms with Crippen molar-refractivity contribution in [3.8, 4) is 5.75 Å². The lowest BCUT2D eigenvalue weighted by molar-refractivity contribution is 0.0950. The fourth-order valence-electron chi connectivity index (χ4n) is 4.09. The molecule has 0 saturated carbocycles. The molecule has 0 spiro atoms. The second kappa shape index (κ2) is 12.1. The van der Waals surface area contributed by atoms with Gasteiger partial charge in [0.05, 0.1) is 12.8 Å². The van der Waals surface area contributed by atoms with Gasteiger partial charge < -0.3 is 20.3 Å². The van der Waals surface area contributed by atoms with Gasteiger partial charge in [-0.05, 0) is 68.3 Å². The zero-order valence-electron chi connectivity index (χ0n) is 19.3. The van der Waals surface area contributed by atoms with E-state index in [0.717, 1.165) is 50.3 Å². The third-order valence-corrected chi connectivity index (χ3v) is 6.04. The van der Waals surface area contributed by atoms with Crippen molar-refractivity contribution in [2.45, 2.75) is 31.8 Å². The van der Waals surface area contributed by atoms with Crippen molar-refractivity contribution in [2.24, 2.45) is 0 Å². The van der Waals surface area contributed by atoms with Gasteiger partial charge in [-0.15, -0.1) is 0 Å². The number of benzene rings is 2. The van der Waals surface area contributed by atoms with Gasteiger partial charge in [-0.2, -0.15) is 0 Å². The summed E-state index contributed by atoms with van der Waals surface area (Å²) in [5.41, 5.74) is 2.17. The minimum atomic E-state index is -0.311. The van der Waals surface area contributed by atoms with Crippen molar-refractivity contribution in [3.05, 3.63) is 90.0 Å². The maximum absolute atomic E-state index is 13.7. The molecule has 2 heterocycles. The summed E-state index contributed by atoms with van der Waals surface area (Å²) in [6, 6.07) is 18.4. The standard InChI is InChI=1S/C27H31FN4O2/c28-26-7-2-1-5-22(26)19-31-27(33)21-8-10-24(11-9-21)32-16-12-23(13-17-32)30-15-4-18-34-25-6-3-14-29-20-25/h1-3,5-11,14,20,23,30H,4,12-13,15-19H2,(H,31,33). The molecule has 1 amide bonds. The third-order valence-electron chi connectivity index (χ3n) is 6.04. The number of hydrogen-bond donors (Lipinski definition) is 2. The molecular formula is C27H31FN4O2. The van der Waals surface area contributed by atoms with E-state index in [1.165, 1.54) is 6.07 Å². The Kier molecular flexibility index (Phi) is 8.46. The molecule has 1 aliphatic heterocycles. The summed E-state index contributed by atoms with van der Waals surface area (Å²) >= 11 is 0. The highest BCUT2D eigenvalue weighted by Gasteiger charge is 2.19. The number of rotatable bonds is 10. The maximum atomic E-state index is 13.7. The Hall–Kier alpha value is -3.45. The summed E-state index contributed by atoms with van der Waals surface area (Å²) in [6.45, 7) is 3.73. The predicted molar refractivity (Wildman–Crippen MR) is 132 cm³/mol. The number of piperidine rings is 1. The molecule has 1 saturated heterocycles. The van der Waals surface area contributed by atoms with Crippen LogP contribution in [0, 0.1) is 5.82 Å². The SMILES string of the molecule is O=C(NCc1ccccc1F)c1ccc(N2CCC(NCCCOc3cccnc3)CC2)cc1. The van der Waals surface area contributed by atoms with Crippen LogP contribution in [0.2, 0.25) is 0 Å². The number of carbonyl (C=O) groups excluding carboxylic acids is 1. The number of aromatic nitrogens is 1. The Morgan fingerprint density at radius 2 is 1.85 bits per heavy atom. The monoisotopic (exact) mass is 462 g/mol. The first-order valence-electron chi connectivity index (χ1n) is 11.8. The Morgan fingerprint density at radius 1 is 1.06 bits per heavy atom. The van der Waals surface area contributed by atoms with Gasteiger partial charge in [0.1, 0.15) is 11.6 Å². The van der Waals surface area contributed by atoms with Crippen LogP contribution in [0.15, 0.2) is 73.1 Å². The summed E-state index contributed by atoms with van der Waals surface area (Å²) in [4.78, 5) is 18.8. The van der Waals surface area contributed by atoms with Crippen molar-refractivity contribution in [1.29, 1.82) is 0 Å². The molecule has 2 N–H and O–H groups in total. The lowest BCUT2D eigenvalue weighted by Crippen LogP contribution is -2.43. The molecule has 0 atom stereocenters. The molecule has 1 fully saturated rings. The van der Waals surface area contributed by atoms with E-state index in [2.05, 4.69) is 20.5 Å². The van der Waals surface area contributed by atoms with Gasteiger partial charge in [0.15, 0.2) is 0 Å². The van der Waals surface area contributed by atoms with Crippen molar-refractivity contribution in [2.75, 3.05) is 31.1 Å². The molecular weight excluding hydrogens is 431 g/mol. The number of nitrogens with zero attached hydrogens (tertiary/aromatic N) is 2. The lowest BCUT2D eigenvalue weighted by atomic mass is 10.0. The van der Waals surface area contributed by atoms with Gasteiger partial charge in [-0.1, -0.05) is 18.2 Å². The predicted octanol–water partition coefficient (Wildman–Crippen LogP) is 4.18. The number of anilines is 1. The molecule has 0 bridgehead atoms. The van der Waals surface area contributed by atoms with Crippen LogP contribution in [0.25, 0.3) is 0 Å². The van der Waals surface area contributed by atoms with Crippen LogP contribution in [0.1, 0.15) is 35.2 Å². The average molecular weight is 463 g/mol. The number of nitrogens with one attached hydrogen (secondary N) is 2. The minimum absolute atomic E-state index is 0.170. The van der Waals surface area contributed by atoms with Gasteiger partial charge in [0.25, 0.3) is 5.91 Å². The highest BCUT2D eigenvalue weighted by Crippen LogP contribution is 2.21. The summed E-state index contributed by atoms with van der Waals surface area (Å²) in [5, 5.41) is 6.42. The normalized spacial score (nSPS) is 14.1. The summed E-state index contributed by atoms with van der Waals surface area (Å²) in [6.07, 6.45) is 6.58. The molecule has 2 aromatic carbocycles. The van der Waals surface area contributed by atoms with E-state index in [1.807, 2.05) is 36.4 Å². The molecule has 0 aliphatic carbocycles. The highest BCUT2D eigenvalue weighted by molar-refractivity contribution is 5.94. The maximum Gasteiger partial charge on any atom is 0.251 e. The third kappa shape index (κ3) is 6.78. The van der Waals surface area contributed by atoms with Crippen LogP contribution < -0.4 is 20.3 Å². The first-order chi connectivity index (χ1) is 16.7. The molecule has 34 heavy (non-hydrogen) atoms. The van der Waals surface area contributed by atoms with E-state index >= 15 is 0 Å².